The SMILES string of the molecule is C=c1ncnc2c1=CNN2c1cnccc1C. The van der Waals surface area contributed by atoms with Gasteiger partial charge in [0.1, 0.15) is 6.33 Å². The second kappa shape index (κ2) is 3.55. The van der Waals surface area contributed by atoms with E-state index in [0.717, 1.165) is 22.3 Å². The molecule has 1 aliphatic rings. The molecule has 3 rings (SSSR count). The lowest BCUT2D eigenvalue weighted by Gasteiger charge is -2.20. The molecule has 2 aromatic heterocycles. The van der Waals surface area contributed by atoms with E-state index in [9.17, 15) is 0 Å². The van der Waals surface area contributed by atoms with Crippen molar-refractivity contribution in [2.75, 3.05) is 5.01 Å². The number of hydrogen-bond donors (Lipinski definition) is 1. The van der Waals surface area contributed by atoms with E-state index in [0.29, 0.717) is 5.35 Å². The van der Waals surface area contributed by atoms with Crippen LogP contribution in [0.4, 0.5) is 11.5 Å². The van der Waals surface area contributed by atoms with Crippen molar-refractivity contribution in [1.29, 1.82) is 0 Å². The van der Waals surface area contributed by atoms with Crippen LogP contribution >= 0.6 is 0 Å². The number of fused-ring (bicyclic) bond motifs is 1. The van der Waals surface area contributed by atoms with Crippen molar-refractivity contribution in [1.82, 2.24) is 20.4 Å². The average molecular weight is 225 g/mol. The first kappa shape index (κ1) is 9.77. The highest BCUT2D eigenvalue weighted by Crippen LogP contribution is 2.22. The largest absolute Gasteiger partial charge is 0.299 e. The third-order valence-corrected chi connectivity index (χ3v) is 2.75. The number of hydrazine groups is 1. The minimum atomic E-state index is 0.714. The first-order valence-corrected chi connectivity index (χ1v) is 5.24. The Kier molecular flexibility index (Phi) is 2.04. The van der Waals surface area contributed by atoms with Crippen LogP contribution in [0.3, 0.4) is 0 Å². The van der Waals surface area contributed by atoms with E-state index in [-0.39, 0.29) is 0 Å². The number of nitrogens with one attached hydrogen (secondary N) is 1. The fourth-order valence-corrected chi connectivity index (χ4v) is 1.81. The number of rotatable bonds is 1. The number of hydrogen-bond acceptors (Lipinski definition) is 5. The van der Waals surface area contributed by atoms with Crippen LogP contribution in [0, 0.1) is 6.92 Å². The Morgan fingerprint density at radius 3 is 3.06 bits per heavy atom. The summed E-state index contributed by atoms with van der Waals surface area (Å²) in [4.78, 5) is 12.5. The average Bonchev–Trinajstić information content (AvgIpc) is 2.75. The Morgan fingerprint density at radius 2 is 2.24 bits per heavy atom. The molecule has 17 heavy (non-hydrogen) atoms. The van der Waals surface area contributed by atoms with E-state index in [1.807, 2.05) is 24.2 Å². The zero-order valence-electron chi connectivity index (χ0n) is 9.38. The summed E-state index contributed by atoms with van der Waals surface area (Å²) in [5.41, 5.74) is 5.24. The molecule has 84 valence electrons. The Bertz CT molecular complexity index is 680. The maximum Gasteiger partial charge on any atom is 0.164 e. The predicted octanol–water partition coefficient (Wildman–Crippen LogP) is -0.0154. The highest BCUT2D eigenvalue weighted by molar-refractivity contribution is 5.66. The molecule has 5 nitrogen and oxygen atoms in total. The van der Waals surface area contributed by atoms with Crippen molar-refractivity contribution in [3.05, 3.63) is 40.9 Å². The summed E-state index contributed by atoms with van der Waals surface area (Å²) in [6.07, 6.45) is 6.94. The summed E-state index contributed by atoms with van der Waals surface area (Å²) in [5, 5.41) is 3.51. The molecule has 3 heterocycles. The Balaban J connectivity index is 2.17. The molecule has 5 heteroatoms. The van der Waals surface area contributed by atoms with Gasteiger partial charge < -0.3 is 0 Å². The zero-order valence-corrected chi connectivity index (χ0v) is 9.38. The fourth-order valence-electron chi connectivity index (χ4n) is 1.81. The van der Waals surface area contributed by atoms with Crippen molar-refractivity contribution < 1.29 is 0 Å². The lowest BCUT2D eigenvalue weighted by Crippen LogP contribution is -2.31. The summed E-state index contributed by atoms with van der Waals surface area (Å²) < 4.78 is 0. The number of pyridine rings is 1. The van der Waals surface area contributed by atoms with Crippen LogP contribution in [0.2, 0.25) is 0 Å². The van der Waals surface area contributed by atoms with Crippen LogP contribution in [-0.2, 0) is 0 Å². The second-order valence-corrected chi connectivity index (χ2v) is 3.83. The molecule has 0 spiro atoms. The molecule has 0 atom stereocenters. The number of aromatic nitrogens is 3. The highest BCUT2D eigenvalue weighted by Gasteiger charge is 2.18. The van der Waals surface area contributed by atoms with Crippen molar-refractivity contribution >= 4 is 24.3 Å². The third kappa shape index (κ3) is 1.44. The molecule has 2 aromatic rings. The standard InChI is InChI=1S/C12H11N5/c1-8-3-4-13-6-11(8)17-12-10(5-16-17)9(2)14-7-15-12/h3-7,16H,2H2,1H3. The molecule has 1 N–H and O–H groups in total. The second-order valence-electron chi connectivity index (χ2n) is 3.83. The van der Waals surface area contributed by atoms with Crippen LogP contribution in [-0.4, -0.2) is 15.0 Å². The van der Waals surface area contributed by atoms with Gasteiger partial charge in [0.15, 0.2) is 5.82 Å². The van der Waals surface area contributed by atoms with Gasteiger partial charge in [-0.05, 0) is 18.6 Å². The quantitative estimate of drug-likeness (QED) is 0.739. The Hall–Kier alpha value is -2.43. The lowest BCUT2D eigenvalue weighted by atomic mass is 10.2. The molecule has 0 bridgehead atoms. The van der Waals surface area contributed by atoms with E-state index in [1.165, 1.54) is 6.33 Å². The monoisotopic (exact) mass is 225 g/mol. The van der Waals surface area contributed by atoms with E-state index >= 15 is 0 Å². The first-order valence-electron chi connectivity index (χ1n) is 5.24. The van der Waals surface area contributed by atoms with E-state index in [4.69, 9.17) is 0 Å². The molecule has 0 saturated carbocycles. The number of aryl methyl sites for hydroxylation is 1. The van der Waals surface area contributed by atoms with Gasteiger partial charge in [0.05, 0.1) is 22.5 Å². The van der Waals surface area contributed by atoms with Gasteiger partial charge in [0.25, 0.3) is 0 Å². The summed E-state index contributed by atoms with van der Waals surface area (Å²) in [6.45, 7) is 5.91. The molecule has 1 aliphatic heterocycles. The Labute approximate surface area is 98.1 Å². The summed E-state index contributed by atoms with van der Waals surface area (Å²) >= 11 is 0. The van der Waals surface area contributed by atoms with Gasteiger partial charge in [-0.25, -0.2) is 15.0 Å². The summed E-state index contributed by atoms with van der Waals surface area (Å²) in [5.74, 6) is 0.807. The first-order chi connectivity index (χ1) is 8.27. The van der Waals surface area contributed by atoms with Crippen molar-refractivity contribution in [2.24, 2.45) is 0 Å². The van der Waals surface area contributed by atoms with E-state index in [1.54, 1.807) is 12.4 Å². The van der Waals surface area contributed by atoms with Crippen LogP contribution in [0.5, 0.6) is 0 Å². The maximum atomic E-state index is 4.27. The van der Waals surface area contributed by atoms with Gasteiger partial charge in [0.2, 0.25) is 0 Å². The van der Waals surface area contributed by atoms with Crippen LogP contribution < -0.4 is 21.0 Å². The molecule has 0 aromatic carbocycles. The van der Waals surface area contributed by atoms with Gasteiger partial charge in [-0.2, -0.15) is 0 Å². The van der Waals surface area contributed by atoms with Crippen molar-refractivity contribution in [3.8, 4) is 0 Å². The minimum absolute atomic E-state index is 0.714. The topological polar surface area (TPSA) is 53.9 Å². The van der Waals surface area contributed by atoms with E-state index in [2.05, 4.69) is 27.0 Å². The molecule has 0 amide bonds. The van der Waals surface area contributed by atoms with Crippen LogP contribution in [0.1, 0.15) is 5.56 Å². The van der Waals surface area contributed by atoms with Crippen LogP contribution in [0.15, 0.2) is 24.8 Å². The number of nitrogens with zero attached hydrogens (tertiary/aromatic N) is 4. The van der Waals surface area contributed by atoms with Crippen LogP contribution in [0.25, 0.3) is 12.8 Å². The highest BCUT2D eigenvalue weighted by atomic mass is 15.5. The van der Waals surface area contributed by atoms with Gasteiger partial charge >= 0.3 is 0 Å². The smallest absolute Gasteiger partial charge is 0.164 e. The molecule has 0 fully saturated rings. The lowest BCUT2D eigenvalue weighted by molar-refractivity contribution is 0.915. The number of anilines is 2. The third-order valence-electron chi connectivity index (χ3n) is 2.75. The minimum Gasteiger partial charge on any atom is -0.299 e. The predicted molar refractivity (Wildman–Crippen MR) is 65.5 cm³/mol. The Morgan fingerprint density at radius 1 is 1.35 bits per heavy atom. The van der Waals surface area contributed by atoms with Crippen molar-refractivity contribution in [2.45, 2.75) is 6.92 Å². The molecule has 0 aliphatic carbocycles. The normalized spacial score (nSPS) is 12.9. The van der Waals surface area contributed by atoms with Gasteiger partial charge in [-0.3, -0.25) is 10.4 Å². The molecule has 0 saturated heterocycles. The molecule has 0 unspecified atom stereocenters. The zero-order chi connectivity index (χ0) is 11.8. The fraction of sp³-hybridized carbons (Fsp3) is 0.0833. The molecule has 0 radical (unpaired) electrons. The maximum absolute atomic E-state index is 4.27. The van der Waals surface area contributed by atoms with Gasteiger partial charge in [0, 0.05) is 12.4 Å². The van der Waals surface area contributed by atoms with Gasteiger partial charge in [-0.1, -0.05) is 6.58 Å². The van der Waals surface area contributed by atoms with E-state index < -0.39 is 0 Å². The van der Waals surface area contributed by atoms with Gasteiger partial charge in [-0.15, -0.1) is 0 Å². The summed E-state index contributed by atoms with van der Waals surface area (Å²) in [6, 6.07) is 1.96. The van der Waals surface area contributed by atoms with Crippen molar-refractivity contribution in [3.63, 3.8) is 0 Å². The molecular formula is C12H11N5. The molecular weight excluding hydrogens is 214 g/mol. The summed E-state index contributed by atoms with van der Waals surface area (Å²) in [7, 11) is 0.